The first kappa shape index (κ1) is 22.5. The topological polar surface area (TPSA) is 108 Å². The number of imidazole rings is 1. The molecule has 0 N–H and O–H groups in total. The Hall–Kier alpha value is -2.69. The van der Waals surface area contributed by atoms with Gasteiger partial charge in [0.2, 0.25) is 10.0 Å². The van der Waals surface area contributed by atoms with Crippen molar-refractivity contribution in [3.05, 3.63) is 57.4 Å². The zero-order chi connectivity index (χ0) is 22.9. The predicted octanol–water partition coefficient (Wildman–Crippen LogP) is 4.37. The van der Waals surface area contributed by atoms with Gasteiger partial charge in [0.05, 0.1) is 20.9 Å². The van der Waals surface area contributed by atoms with Crippen LogP contribution in [0.2, 0.25) is 5.02 Å². The van der Waals surface area contributed by atoms with E-state index >= 15 is 0 Å². The Kier molecular flexibility index (Phi) is 6.36. The standard InChI is InChI=1S/C21H23ClN4O5S/c1-2-25-18-8-7-16(32(29,30)24-10-4-3-5-11-24)13-17(18)23-21(25)14-31-20-9-6-15(22)12-19(20)26(27)28/h6-9,12-13H,2-5,10-11,14H2,1H3. The Bertz CT molecular complexity index is 1270. The van der Waals surface area contributed by atoms with E-state index in [-0.39, 0.29) is 28.0 Å². The minimum atomic E-state index is -3.57. The highest BCUT2D eigenvalue weighted by atomic mass is 35.5. The molecule has 1 fully saturated rings. The number of nitro benzene ring substituents is 1. The lowest BCUT2D eigenvalue weighted by molar-refractivity contribution is -0.385. The van der Waals surface area contributed by atoms with Crippen LogP contribution in [0.5, 0.6) is 5.75 Å². The molecule has 0 bridgehead atoms. The monoisotopic (exact) mass is 478 g/mol. The average Bonchev–Trinajstić information content (AvgIpc) is 3.15. The number of nitrogens with zero attached hydrogens (tertiary/aromatic N) is 4. The van der Waals surface area contributed by atoms with Gasteiger partial charge in [0, 0.05) is 30.7 Å². The molecular weight excluding hydrogens is 456 g/mol. The molecule has 32 heavy (non-hydrogen) atoms. The molecule has 4 rings (SSSR count). The van der Waals surface area contributed by atoms with Gasteiger partial charge in [-0.2, -0.15) is 4.31 Å². The molecule has 0 saturated carbocycles. The maximum absolute atomic E-state index is 13.0. The van der Waals surface area contributed by atoms with Crippen LogP contribution < -0.4 is 4.74 Å². The van der Waals surface area contributed by atoms with E-state index in [1.807, 2.05) is 11.5 Å². The Morgan fingerprint density at radius 1 is 1.16 bits per heavy atom. The smallest absolute Gasteiger partial charge is 0.312 e. The van der Waals surface area contributed by atoms with Crippen LogP contribution in [0, 0.1) is 10.1 Å². The molecule has 2 heterocycles. The van der Waals surface area contributed by atoms with Crippen LogP contribution in [0.1, 0.15) is 32.0 Å². The molecule has 170 valence electrons. The lowest BCUT2D eigenvalue weighted by Crippen LogP contribution is -2.35. The number of rotatable bonds is 7. The molecule has 0 spiro atoms. The second-order valence-corrected chi connectivity index (χ2v) is 9.92. The molecule has 3 aromatic rings. The highest BCUT2D eigenvalue weighted by molar-refractivity contribution is 7.89. The van der Waals surface area contributed by atoms with Crippen LogP contribution >= 0.6 is 11.6 Å². The van der Waals surface area contributed by atoms with E-state index < -0.39 is 14.9 Å². The van der Waals surface area contributed by atoms with Gasteiger partial charge >= 0.3 is 5.69 Å². The molecule has 2 aromatic carbocycles. The largest absolute Gasteiger partial charge is 0.479 e. The lowest BCUT2D eigenvalue weighted by Gasteiger charge is -2.25. The fourth-order valence-corrected chi connectivity index (χ4v) is 5.64. The van der Waals surface area contributed by atoms with Gasteiger partial charge in [-0.3, -0.25) is 10.1 Å². The van der Waals surface area contributed by atoms with Gasteiger partial charge in [0.15, 0.2) is 5.75 Å². The summed E-state index contributed by atoms with van der Waals surface area (Å²) in [5, 5.41) is 11.5. The number of halogens is 1. The summed E-state index contributed by atoms with van der Waals surface area (Å²) in [5.74, 6) is 0.627. The summed E-state index contributed by atoms with van der Waals surface area (Å²) in [4.78, 5) is 15.5. The SMILES string of the molecule is CCn1c(COc2ccc(Cl)cc2[N+](=O)[O-])nc2cc(S(=O)(=O)N3CCCCC3)ccc21. The first-order valence-electron chi connectivity index (χ1n) is 10.4. The average molecular weight is 479 g/mol. The number of ether oxygens (including phenoxy) is 1. The molecular formula is C21H23ClN4O5S. The van der Waals surface area contributed by atoms with Crippen LogP contribution in [0.15, 0.2) is 41.3 Å². The summed E-state index contributed by atoms with van der Waals surface area (Å²) in [7, 11) is -3.57. The minimum Gasteiger partial charge on any atom is -0.479 e. The number of aromatic nitrogens is 2. The first-order valence-corrected chi connectivity index (χ1v) is 12.2. The quantitative estimate of drug-likeness (QED) is 0.368. The highest BCUT2D eigenvalue weighted by Gasteiger charge is 2.27. The predicted molar refractivity (Wildman–Crippen MR) is 120 cm³/mol. The van der Waals surface area contributed by atoms with Crippen molar-refractivity contribution in [2.75, 3.05) is 13.1 Å². The Labute approximate surface area is 190 Å². The van der Waals surface area contributed by atoms with Crippen molar-refractivity contribution in [1.29, 1.82) is 0 Å². The molecule has 1 aromatic heterocycles. The summed E-state index contributed by atoms with van der Waals surface area (Å²) >= 11 is 5.86. The Balaban J connectivity index is 1.64. The summed E-state index contributed by atoms with van der Waals surface area (Å²) in [5.41, 5.74) is 1.08. The van der Waals surface area contributed by atoms with Gasteiger partial charge < -0.3 is 9.30 Å². The molecule has 11 heteroatoms. The molecule has 9 nitrogen and oxygen atoms in total. The van der Waals surface area contributed by atoms with E-state index in [2.05, 4.69) is 4.98 Å². The summed E-state index contributed by atoms with van der Waals surface area (Å²) in [6.07, 6.45) is 2.77. The van der Waals surface area contributed by atoms with Gasteiger partial charge in [-0.25, -0.2) is 13.4 Å². The molecule has 1 aliphatic rings. The fraction of sp³-hybridized carbons (Fsp3) is 0.381. The van der Waals surface area contributed by atoms with Crippen molar-refractivity contribution in [3.8, 4) is 5.75 Å². The molecule has 1 saturated heterocycles. The van der Waals surface area contributed by atoms with Crippen LogP contribution in [-0.4, -0.2) is 40.3 Å². The lowest BCUT2D eigenvalue weighted by atomic mass is 10.2. The van der Waals surface area contributed by atoms with Crippen molar-refractivity contribution in [2.45, 2.75) is 44.2 Å². The van der Waals surface area contributed by atoms with Crippen molar-refractivity contribution < 1.29 is 18.1 Å². The van der Waals surface area contributed by atoms with E-state index in [4.69, 9.17) is 16.3 Å². The third-order valence-electron chi connectivity index (χ3n) is 5.54. The van der Waals surface area contributed by atoms with E-state index in [0.717, 1.165) is 24.8 Å². The van der Waals surface area contributed by atoms with E-state index in [0.29, 0.717) is 31.0 Å². The zero-order valence-electron chi connectivity index (χ0n) is 17.5. The van der Waals surface area contributed by atoms with Crippen LogP contribution in [0.4, 0.5) is 5.69 Å². The first-order chi connectivity index (χ1) is 15.3. The number of sulfonamides is 1. The maximum Gasteiger partial charge on any atom is 0.312 e. The Morgan fingerprint density at radius 3 is 2.59 bits per heavy atom. The van der Waals surface area contributed by atoms with E-state index in [9.17, 15) is 18.5 Å². The van der Waals surface area contributed by atoms with Crippen LogP contribution in [0.25, 0.3) is 11.0 Å². The van der Waals surface area contributed by atoms with Crippen LogP contribution in [0.3, 0.4) is 0 Å². The molecule has 0 atom stereocenters. The second-order valence-electron chi connectivity index (χ2n) is 7.55. The van der Waals surface area contributed by atoms with Gasteiger partial charge in [0.1, 0.15) is 12.4 Å². The number of nitro groups is 1. The van der Waals surface area contributed by atoms with Crippen molar-refractivity contribution in [3.63, 3.8) is 0 Å². The van der Waals surface area contributed by atoms with Gasteiger partial charge in [-0.1, -0.05) is 18.0 Å². The van der Waals surface area contributed by atoms with Gasteiger partial charge in [0.25, 0.3) is 0 Å². The maximum atomic E-state index is 13.0. The van der Waals surface area contributed by atoms with Gasteiger partial charge in [-0.05, 0) is 50.1 Å². The number of hydrogen-bond donors (Lipinski definition) is 0. The summed E-state index contributed by atoms with van der Waals surface area (Å²) in [6, 6.07) is 9.13. The fourth-order valence-electron chi connectivity index (χ4n) is 3.93. The highest BCUT2D eigenvalue weighted by Crippen LogP contribution is 2.31. The summed E-state index contributed by atoms with van der Waals surface area (Å²) in [6.45, 7) is 3.56. The molecule has 0 radical (unpaired) electrons. The number of aryl methyl sites for hydroxylation is 1. The zero-order valence-corrected chi connectivity index (χ0v) is 19.1. The van der Waals surface area contributed by atoms with Crippen molar-refractivity contribution in [1.82, 2.24) is 13.9 Å². The van der Waals surface area contributed by atoms with Gasteiger partial charge in [-0.15, -0.1) is 0 Å². The van der Waals surface area contributed by atoms with E-state index in [1.54, 1.807) is 18.2 Å². The minimum absolute atomic E-state index is 0.0147. The molecule has 0 aliphatic carbocycles. The summed E-state index contributed by atoms with van der Waals surface area (Å²) < 4.78 is 35.2. The molecule has 1 aliphatic heterocycles. The molecule has 0 amide bonds. The third-order valence-corrected chi connectivity index (χ3v) is 7.67. The van der Waals surface area contributed by atoms with E-state index in [1.165, 1.54) is 22.5 Å². The van der Waals surface area contributed by atoms with Crippen LogP contribution in [-0.2, 0) is 23.2 Å². The number of piperidine rings is 1. The van der Waals surface area contributed by atoms with Crippen molar-refractivity contribution in [2.24, 2.45) is 0 Å². The molecule has 0 unspecified atom stereocenters. The number of fused-ring (bicyclic) bond motifs is 1. The third kappa shape index (κ3) is 4.30. The van der Waals surface area contributed by atoms with Crippen molar-refractivity contribution >= 4 is 38.3 Å². The number of benzene rings is 2. The Morgan fingerprint density at radius 2 is 1.91 bits per heavy atom. The normalized spacial score (nSPS) is 15.2. The second kappa shape index (κ2) is 9.05. The number of hydrogen-bond acceptors (Lipinski definition) is 6.